The van der Waals surface area contributed by atoms with Crippen LogP contribution < -0.4 is 4.90 Å². The highest BCUT2D eigenvalue weighted by Crippen LogP contribution is 2.30. The first-order valence-corrected chi connectivity index (χ1v) is 5.20. The summed E-state index contributed by atoms with van der Waals surface area (Å²) >= 11 is 0. The summed E-state index contributed by atoms with van der Waals surface area (Å²) in [5.41, 5.74) is 1.71. The van der Waals surface area contributed by atoms with Crippen molar-refractivity contribution in [3.63, 3.8) is 0 Å². The Morgan fingerprint density at radius 2 is 2.00 bits per heavy atom. The lowest BCUT2D eigenvalue weighted by molar-refractivity contribution is -0.117. The van der Waals surface area contributed by atoms with Crippen LogP contribution >= 0.6 is 0 Å². The molecule has 1 heterocycles. The molecule has 0 fully saturated rings. The summed E-state index contributed by atoms with van der Waals surface area (Å²) in [4.78, 5) is 20.0. The first-order chi connectivity index (χ1) is 7.59. The van der Waals surface area contributed by atoms with Gasteiger partial charge in [-0.25, -0.2) is 4.99 Å². The molecule has 0 unspecified atom stereocenters. The molecule has 4 nitrogen and oxygen atoms in total. The van der Waals surface area contributed by atoms with E-state index < -0.39 is 0 Å². The fraction of sp³-hybridized carbons (Fsp3) is 0.333. The smallest absolute Gasteiger partial charge is 0.234 e. The number of nitrogens with zero attached hydrogens (tertiary/aromatic N) is 3. The van der Waals surface area contributed by atoms with Crippen LogP contribution in [-0.4, -0.2) is 37.8 Å². The van der Waals surface area contributed by atoms with Crippen molar-refractivity contribution < 1.29 is 4.79 Å². The van der Waals surface area contributed by atoms with Crippen molar-refractivity contribution in [2.75, 3.05) is 26.0 Å². The van der Waals surface area contributed by atoms with Gasteiger partial charge in [0.25, 0.3) is 0 Å². The Balaban J connectivity index is 2.54. The topological polar surface area (TPSA) is 35.9 Å². The maximum atomic E-state index is 11.9. The highest BCUT2D eigenvalue weighted by Gasteiger charge is 2.21. The fourth-order valence-corrected chi connectivity index (χ4v) is 1.67. The van der Waals surface area contributed by atoms with Gasteiger partial charge in [0.2, 0.25) is 5.91 Å². The van der Waals surface area contributed by atoms with E-state index in [1.54, 1.807) is 11.9 Å². The molecule has 1 amide bonds. The number of carbonyl (C=O) groups excluding carboxylic acids is 1. The van der Waals surface area contributed by atoms with E-state index in [0.29, 0.717) is 6.42 Å². The van der Waals surface area contributed by atoms with Gasteiger partial charge in [-0.2, -0.15) is 0 Å². The van der Waals surface area contributed by atoms with Crippen LogP contribution in [0.3, 0.4) is 0 Å². The molecule has 0 N–H and O–H groups in total. The maximum Gasteiger partial charge on any atom is 0.234 e. The van der Waals surface area contributed by atoms with Crippen LogP contribution in [0.15, 0.2) is 29.3 Å². The largest absolute Gasteiger partial charge is 0.366 e. The van der Waals surface area contributed by atoms with Crippen LogP contribution in [0.2, 0.25) is 0 Å². The number of aliphatic imine (C=N–C) groups is 1. The average molecular weight is 217 g/mol. The molecule has 4 heteroatoms. The van der Waals surface area contributed by atoms with Gasteiger partial charge in [-0.1, -0.05) is 12.1 Å². The van der Waals surface area contributed by atoms with Crippen molar-refractivity contribution in [2.45, 2.75) is 6.42 Å². The van der Waals surface area contributed by atoms with Gasteiger partial charge in [0.15, 0.2) is 0 Å². The van der Waals surface area contributed by atoms with Crippen LogP contribution in [0, 0.1) is 0 Å². The summed E-state index contributed by atoms with van der Waals surface area (Å²) in [6.07, 6.45) is 0.345. The number of benzene rings is 1. The zero-order valence-electron chi connectivity index (χ0n) is 9.77. The molecule has 0 saturated heterocycles. The molecule has 0 saturated carbocycles. The SMILES string of the molecule is CN(C)C1=Nc2ccccc2N(C)C(=O)C1. The lowest BCUT2D eigenvalue weighted by Gasteiger charge is -2.16. The Hall–Kier alpha value is -1.84. The molecular weight excluding hydrogens is 202 g/mol. The summed E-state index contributed by atoms with van der Waals surface area (Å²) in [5.74, 6) is 0.860. The summed E-state index contributed by atoms with van der Waals surface area (Å²) in [5, 5.41) is 0. The number of hydrogen-bond donors (Lipinski definition) is 0. The maximum absolute atomic E-state index is 11.9. The molecule has 0 radical (unpaired) electrons. The van der Waals surface area contributed by atoms with Gasteiger partial charge in [0, 0.05) is 21.1 Å². The number of fused-ring (bicyclic) bond motifs is 1. The quantitative estimate of drug-likeness (QED) is 0.662. The zero-order valence-corrected chi connectivity index (χ0v) is 9.77. The van der Waals surface area contributed by atoms with Crippen LogP contribution in [-0.2, 0) is 4.79 Å². The fourth-order valence-electron chi connectivity index (χ4n) is 1.67. The molecule has 0 spiro atoms. The Morgan fingerprint density at radius 1 is 1.31 bits per heavy atom. The van der Waals surface area contributed by atoms with Crippen LogP contribution in [0.4, 0.5) is 11.4 Å². The molecule has 0 aliphatic carbocycles. The monoisotopic (exact) mass is 217 g/mol. The molecule has 16 heavy (non-hydrogen) atoms. The second-order valence-corrected chi connectivity index (χ2v) is 4.04. The van der Waals surface area contributed by atoms with Gasteiger partial charge < -0.3 is 9.80 Å². The highest BCUT2D eigenvalue weighted by molar-refractivity contribution is 6.10. The van der Waals surface area contributed by atoms with Gasteiger partial charge in [0.05, 0.1) is 17.8 Å². The number of amides is 1. The molecule has 0 bridgehead atoms. The molecule has 0 atom stereocenters. The van der Waals surface area contributed by atoms with E-state index in [4.69, 9.17) is 0 Å². The van der Waals surface area contributed by atoms with Crippen molar-refractivity contribution in [1.82, 2.24) is 4.90 Å². The number of rotatable bonds is 0. The number of carbonyl (C=O) groups is 1. The Morgan fingerprint density at radius 3 is 2.69 bits per heavy atom. The minimum absolute atomic E-state index is 0.0670. The van der Waals surface area contributed by atoms with Gasteiger partial charge in [-0.15, -0.1) is 0 Å². The van der Waals surface area contributed by atoms with Crippen LogP contribution in [0.1, 0.15) is 6.42 Å². The van der Waals surface area contributed by atoms with Gasteiger partial charge >= 0.3 is 0 Å². The van der Waals surface area contributed by atoms with Crippen LogP contribution in [0.25, 0.3) is 0 Å². The lowest BCUT2D eigenvalue weighted by atomic mass is 10.2. The van der Waals surface area contributed by atoms with E-state index in [0.717, 1.165) is 17.2 Å². The second-order valence-electron chi connectivity index (χ2n) is 4.04. The summed E-state index contributed by atoms with van der Waals surface area (Å²) < 4.78 is 0. The Bertz CT molecular complexity index is 451. The number of amidine groups is 1. The van der Waals surface area contributed by atoms with E-state index in [-0.39, 0.29) is 5.91 Å². The van der Waals surface area contributed by atoms with Crippen molar-refractivity contribution >= 4 is 23.1 Å². The first kappa shape index (κ1) is 10.7. The molecule has 1 aliphatic rings. The predicted octanol–water partition coefficient (Wildman–Crippen LogP) is 1.64. The summed E-state index contributed by atoms with van der Waals surface area (Å²) in [7, 11) is 5.59. The molecule has 1 aromatic rings. The minimum Gasteiger partial charge on any atom is -0.366 e. The standard InChI is InChI=1S/C12H15N3O/c1-14(2)11-8-12(16)15(3)10-7-5-4-6-9(10)13-11/h4-7H,8H2,1-3H3. The molecule has 1 aliphatic heterocycles. The van der Waals surface area contributed by atoms with Gasteiger partial charge in [-0.05, 0) is 12.1 Å². The average Bonchev–Trinajstić information content (AvgIpc) is 2.38. The van der Waals surface area contributed by atoms with E-state index in [2.05, 4.69) is 4.99 Å². The summed E-state index contributed by atoms with van der Waals surface area (Å²) in [6, 6.07) is 7.68. The lowest BCUT2D eigenvalue weighted by Crippen LogP contribution is -2.31. The van der Waals surface area contributed by atoms with Crippen molar-refractivity contribution in [1.29, 1.82) is 0 Å². The summed E-state index contributed by atoms with van der Waals surface area (Å²) in [6.45, 7) is 0. The molecule has 1 aromatic carbocycles. The normalized spacial score (nSPS) is 15.3. The van der Waals surface area contributed by atoms with Crippen molar-refractivity contribution in [3.05, 3.63) is 24.3 Å². The van der Waals surface area contributed by atoms with Gasteiger partial charge in [0.1, 0.15) is 5.84 Å². The highest BCUT2D eigenvalue weighted by atomic mass is 16.2. The Kier molecular flexibility index (Phi) is 2.64. The predicted molar refractivity (Wildman–Crippen MR) is 65.3 cm³/mol. The number of hydrogen-bond acceptors (Lipinski definition) is 3. The Labute approximate surface area is 95.2 Å². The van der Waals surface area contributed by atoms with E-state index in [9.17, 15) is 4.79 Å². The number of anilines is 1. The van der Waals surface area contributed by atoms with Crippen molar-refractivity contribution in [2.24, 2.45) is 4.99 Å². The van der Waals surface area contributed by atoms with E-state index >= 15 is 0 Å². The van der Waals surface area contributed by atoms with Crippen LogP contribution in [0.5, 0.6) is 0 Å². The molecule has 84 valence electrons. The van der Waals surface area contributed by atoms with Gasteiger partial charge in [-0.3, -0.25) is 4.79 Å². The molecular formula is C12H15N3O. The zero-order chi connectivity index (χ0) is 11.7. The number of para-hydroxylation sites is 2. The molecule has 0 aromatic heterocycles. The third kappa shape index (κ3) is 1.78. The van der Waals surface area contributed by atoms with Crippen molar-refractivity contribution in [3.8, 4) is 0 Å². The third-order valence-corrected chi connectivity index (χ3v) is 2.69. The van der Waals surface area contributed by atoms with E-state index in [1.807, 2.05) is 43.3 Å². The second kappa shape index (κ2) is 3.96. The molecule has 2 rings (SSSR count). The third-order valence-electron chi connectivity index (χ3n) is 2.69. The minimum atomic E-state index is 0.0670. The first-order valence-electron chi connectivity index (χ1n) is 5.20. The van der Waals surface area contributed by atoms with E-state index in [1.165, 1.54) is 0 Å².